The number of nitrogens with one attached hydrogen (secondary N) is 1. The van der Waals surface area contributed by atoms with Crippen LogP contribution < -0.4 is 4.13 Å². The molecule has 0 saturated carbocycles. The summed E-state index contributed by atoms with van der Waals surface area (Å²) in [6.07, 6.45) is -3.92. The van der Waals surface area contributed by atoms with Gasteiger partial charge in [0, 0.05) is 12.2 Å². The van der Waals surface area contributed by atoms with E-state index in [1.807, 2.05) is 0 Å². The van der Waals surface area contributed by atoms with Crippen LogP contribution in [0.3, 0.4) is 0 Å². The first-order chi connectivity index (χ1) is 15.8. The zero-order valence-corrected chi connectivity index (χ0v) is 18.9. The van der Waals surface area contributed by atoms with Crippen molar-refractivity contribution in [3.05, 3.63) is 48.0 Å². The Morgan fingerprint density at radius 1 is 0.914 bits per heavy atom. The molecule has 1 aromatic carbocycles. The van der Waals surface area contributed by atoms with E-state index in [4.69, 9.17) is 4.74 Å². The highest BCUT2D eigenvalue weighted by atomic mass is 32.3. The molecular weight excluding hydrogens is 543 g/mol. The molecule has 0 aliphatic carbocycles. The molecule has 0 heterocycles. The van der Waals surface area contributed by atoms with Crippen molar-refractivity contribution < 1.29 is 66.6 Å². The number of halogens is 7. The van der Waals surface area contributed by atoms with Crippen molar-refractivity contribution in [2.75, 3.05) is 0 Å². The molecule has 0 fully saturated rings. The minimum absolute atomic E-state index is 0.186. The van der Waals surface area contributed by atoms with Crippen LogP contribution in [0.25, 0.3) is 0 Å². The fourth-order valence-corrected chi connectivity index (χ4v) is 4.56. The van der Waals surface area contributed by atoms with Crippen molar-refractivity contribution in [2.24, 2.45) is 0 Å². The molecule has 1 aromatic rings. The van der Waals surface area contributed by atoms with Crippen molar-refractivity contribution >= 4 is 32.0 Å². The minimum Gasteiger partial charge on any atom is -0.458 e. The third-order valence-corrected chi connectivity index (χ3v) is 7.17. The van der Waals surface area contributed by atoms with Gasteiger partial charge >= 0.3 is 38.6 Å². The van der Waals surface area contributed by atoms with Gasteiger partial charge in [0.25, 0.3) is 10.0 Å². The number of hydrogen-bond acceptors (Lipinski definition) is 8. The van der Waals surface area contributed by atoms with E-state index >= 15 is 0 Å². The third-order valence-electron chi connectivity index (χ3n) is 3.86. The Balaban J connectivity index is 2.97. The topological polar surface area (TPSA) is 133 Å². The lowest BCUT2D eigenvalue weighted by molar-refractivity contribution is -0.223. The van der Waals surface area contributed by atoms with Crippen LogP contribution in [-0.2, 0) is 45.7 Å². The lowest BCUT2D eigenvalue weighted by Gasteiger charge is -2.31. The Bertz CT molecular complexity index is 1150. The van der Waals surface area contributed by atoms with Crippen LogP contribution in [-0.4, -0.2) is 51.6 Å². The Labute approximate surface area is 194 Å². The van der Waals surface area contributed by atoms with Gasteiger partial charge in [-0.25, -0.2) is 26.4 Å². The normalized spacial score (nSPS) is 14.5. The standard InChI is InChI=1S/C17H16F7NO8S2/c1-2-12(33-14(27)9-8-13(26)32-10-11-6-4-3-5-7-11)15(18,19)16(20,21)34(28,29)25-35(30,31)17(22,23)24/h3-9,12,25H,2,10H2,1H3/b9-8-. The molecule has 1 atom stereocenters. The number of benzene rings is 1. The molecule has 9 nitrogen and oxygen atoms in total. The fourth-order valence-electron chi connectivity index (χ4n) is 2.12. The Morgan fingerprint density at radius 3 is 1.91 bits per heavy atom. The molecule has 0 aliphatic rings. The predicted octanol–water partition coefficient (Wildman–Crippen LogP) is 2.60. The number of sulfonamides is 2. The molecule has 0 aromatic heterocycles. The molecular formula is C17H16F7NO8S2. The smallest absolute Gasteiger partial charge is 0.458 e. The Morgan fingerprint density at radius 2 is 1.43 bits per heavy atom. The molecule has 1 rings (SSSR count). The number of esters is 2. The van der Waals surface area contributed by atoms with Gasteiger partial charge < -0.3 is 9.47 Å². The maximum Gasteiger partial charge on any atom is 0.512 e. The zero-order chi connectivity index (χ0) is 27.3. The molecule has 18 heteroatoms. The number of rotatable bonds is 11. The van der Waals surface area contributed by atoms with Gasteiger partial charge in [-0.05, 0) is 12.0 Å². The molecule has 0 bridgehead atoms. The zero-order valence-electron chi connectivity index (χ0n) is 17.3. The first-order valence-electron chi connectivity index (χ1n) is 8.98. The second kappa shape index (κ2) is 10.9. The van der Waals surface area contributed by atoms with E-state index in [1.165, 1.54) is 0 Å². The molecule has 0 saturated heterocycles. The van der Waals surface area contributed by atoms with Gasteiger partial charge in [-0.1, -0.05) is 41.4 Å². The van der Waals surface area contributed by atoms with E-state index < -0.39 is 65.3 Å². The predicted molar refractivity (Wildman–Crippen MR) is 102 cm³/mol. The molecule has 35 heavy (non-hydrogen) atoms. The van der Waals surface area contributed by atoms with Crippen molar-refractivity contribution in [3.8, 4) is 0 Å². The number of carbonyl (C=O) groups is 2. The van der Waals surface area contributed by atoms with Crippen LogP contribution in [0, 0.1) is 0 Å². The van der Waals surface area contributed by atoms with Gasteiger partial charge in [-0.3, -0.25) is 0 Å². The average Bonchev–Trinajstić information content (AvgIpc) is 2.73. The van der Waals surface area contributed by atoms with Gasteiger partial charge in [0.1, 0.15) is 6.61 Å². The lowest BCUT2D eigenvalue weighted by atomic mass is 10.1. The summed E-state index contributed by atoms with van der Waals surface area (Å²) in [7, 11) is -14.3. The first-order valence-corrected chi connectivity index (χ1v) is 11.9. The number of alkyl halides is 7. The van der Waals surface area contributed by atoms with Crippen molar-refractivity contribution in [1.29, 1.82) is 0 Å². The summed E-state index contributed by atoms with van der Waals surface area (Å²) in [5.41, 5.74) is -5.89. The molecule has 1 N–H and O–H groups in total. The van der Waals surface area contributed by atoms with Crippen LogP contribution in [0.1, 0.15) is 18.9 Å². The average molecular weight is 559 g/mol. The molecule has 0 aliphatic heterocycles. The fraction of sp³-hybridized carbons (Fsp3) is 0.412. The highest BCUT2D eigenvalue weighted by Gasteiger charge is 2.71. The molecule has 0 radical (unpaired) electrons. The molecule has 0 spiro atoms. The van der Waals surface area contributed by atoms with E-state index in [2.05, 4.69) is 4.74 Å². The van der Waals surface area contributed by atoms with E-state index in [0.29, 0.717) is 18.6 Å². The third kappa shape index (κ3) is 7.38. The van der Waals surface area contributed by atoms with Gasteiger partial charge in [0.2, 0.25) is 0 Å². The van der Waals surface area contributed by atoms with Crippen molar-refractivity contribution in [2.45, 2.75) is 42.7 Å². The van der Waals surface area contributed by atoms with Crippen molar-refractivity contribution in [1.82, 2.24) is 4.13 Å². The molecule has 1 unspecified atom stereocenters. The van der Waals surface area contributed by atoms with Gasteiger partial charge in [-0.2, -0.15) is 30.7 Å². The highest BCUT2D eigenvalue weighted by molar-refractivity contribution is 8.05. The largest absolute Gasteiger partial charge is 0.512 e. The molecule has 198 valence electrons. The lowest BCUT2D eigenvalue weighted by Crippen LogP contribution is -2.59. The summed E-state index contributed by atoms with van der Waals surface area (Å²) in [4.78, 5) is 23.2. The monoisotopic (exact) mass is 559 g/mol. The Hall–Kier alpha value is -2.73. The number of hydrogen-bond donors (Lipinski definition) is 1. The summed E-state index contributed by atoms with van der Waals surface area (Å²) in [5, 5.41) is -6.50. The summed E-state index contributed by atoms with van der Waals surface area (Å²) in [6, 6.07) is 8.04. The second-order valence-electron chi connectivity index (χ2n) is 6.44. The van der Waals surface area contributed by atoms with E-state index in [0.717, 1.165) is 0 Å². The number of ether oxygens (including phenoxy) is 2. The first kappa shape index (κ1) is 30.3. The van der Waals surface area contributed by atoms with Crippen molar-refractivity contribution in [3.63, 3.8) is 0 Å². The summed E-state index contributed by atoms with van der Waals surface area (Å²) in [6.45, 7) is 0.457. The van der Waals surface area contributed by atoms with Gasteiger partial charge in [0.15, 0.2) is 6.10 Å². The van der Waals surface area contributed by atoms with Crippen LogP contribution in [0.4, 0.5) is 30.7 Å². The SMILES string of the molecule is CCC(OC(=O)/C=C\C(=O)OCc1ccccc1)C(F)(F)C(F)(F)S(=O)(=O)NS(=O)(=O)C(F)(F)F. The maximum atomic E-state index is 14.3. The Kier molecular flexibility index (Phi) is 9.44. The molecule has 0 amide bonds. The van der Waals surface area contributed by atoms with Crippen LogP contribution in [0.2, 0.25) is 0 Å². The van der Waals surface area contributed by atoms with E-state index in [-0.39, 0.29) is 12.7 Å². The van der Waals surface area contributed by atoms with Gasteiger partial charge in [0.05, 0.1) is 0 Å². The van der Waals surface area contributed by atoms with Gasteiger partial charge in [-0.15, -0.1) is 0 Å². The summed E-state index contributed by atoms with van der Waals surface area (Å²) < 4.78 is 146. The van der Waals surface area contributed by atoms with Crippen LogP contribution >= 0.6 is 0 Å². The summed E-state index contributed by atoms with van der Waals surface area (Å²) in [5.74, 6) is -8.95. The van der Waals surface area contributed by atoms with Crippen LogP contribution in [0.15, 0.2) is 42.5 Å². The summed E-state index contributed by atoms with van der Waals surface area (Å²) >= 11 is 0. The maximum absolute atomic E-state index is 14.3. The minimum atomic E-state index is -7.23. The van der Waals surface area contributed by atoms with E-state index in [1.54, 1.807) is 30.3 Å². The van der Waals surface area contributed by atoms with Crippen LogP contribution in [0.5, 0.6) is 0 Å². The number of carbonyl (C=O) groups excluding carboxylic acids is 2. The second-order valence-corrected chi connectivity index (χ2v) is 10.1. The quantitative estimate of drug-likeness (QED) is 0.249. The van der Waals surface area contributed by atoms with E-state index in [9.17, 15) is 57.2 Å². The highest BCUT2D eigenvalue weighted by Crippen LogP contribution is 2.43.